The maximum atomic E-state index is 6.40. The van der Waals surface area contributed by atoms with Gasteiger partial charge in [-0.05, 0) is 29.9 Å². The summed E-state index contributed by atoms with van der Waals surface area (Å²) in [5.41, 5.74) is 9.46. The third-order valence-corrected chi connectivity index (χ3v) is 4.02. The lowest BCUT2D eigenvalue weighted by molar-refractivity contribution is 0.263. The Hall–Kier alpha value is -1.02. The second kappa shape index (κ2) is 4.93. The van der Waals surface area contributed by atoms with Crippen molar-refractivity contribution in [2.24, 2.45) is 11.1 Å². The molecule has 2 heteroatoms. The smallest absolute Gasteiger partial charge is 0.0489 e. The van der Waals surface area contributed by atoms with E-state index in [0.717, 1.165) is 19.4 Å². The van der Waals surface area contributed by atoms with Crippen LogP contribution in [-0.2, 0) is 6.42 Å². The standard InChI is InChI=1S/C16H26N2/c1-5-13(17)15(16(2,3)4)18-11-10-12-8-6-7-9-14(12)18/h6-9,13,15H,5,10-11,17H2,1-4H3. The van der Waals surface area contributed by atoms with Crippen LogP contribution in [0, 0.1) is 5.41 Å². The van der Waals surface area contributed by atoms with Crippen LogP contribution in [0.4, 0.5) is 5.69 Å². The molecule has 0 spiro atoms. The van der Waals surface area contributed by atoms with Crippen LogP contribution >= 0.6 is 0 Å². The van der Waals surface area contributed by atoms with Gasteiger partial charge in [0.2, 0.25) is 0 Å². The molecule has 0 bridgehead atoms. The topological polar surface area (TPSA) is 29.3 Å². The van der Waals surface area contributed by atoms with Gasteiger partial charge in [0.15, 0.2) is 0 Å². The van der Waals surface area contributed by atoms with Gasteiger partial charge in [0.1, 0.15) is 0 Å². The first-order valence-electron chi connectivity index (χ1n) is 7.05. The van der Waals surface area contributed by atoms with Crippen molar-refractivity contribution in [1.82, 2.24) is 0 Å². The highest BCUT2D eigenvalue weighted by Gasteiger charge is 2.37. The molecule has 0 amide bonds. The number of anilines is 1. The van der Waals surface area contributed by atoms with E-state index >= 15 is 0 Å². The predicted molar refractivity (Wildman–Crippen MR) is 79.0 cm³/mol. The summed E-state index contributed by atoms with van der Waals surface area (Å²) in [6, 6.07) is 9.39. The molecule has 1 aromatic rings. The molecular formula is C16H26N2. The average Bonchev–Trinajstić information content (AvgIpc) is 2.71. The zero-order chi connectivity index (χ0) is 13.3. The second-order valence-corrected chi connectivity index (χ2v) is 6.46. The summed E-state index contributed by atoms with van der Waals surface area (Å²) >= 11 is 0. The average molecular weight is 246 g/mol. The highest BCUT2D eigenvalue weighted by Crippen LogP contribution is 2.36. The molecule has 2 nitrogen and oxygen atoms in total. The Morgan fingerprint density at radius 3 is 2.56 bits per heavy atom. The third kappa shape index (κ3) is 2.39. The van der Waals surface area contributed by atoms with Crippen molar-refractivity contribution in [1.29, 1.82) is 0 Å². The molecule has 1 aromatic carbocycles. The fraction of sp³-hybridized carbons (Fsp3) is 0.625. The maximum Gasteiger partial charge on any atom is 0.0489 e. The van der Waals surface area contributed by atoms with Crippen LogP contribution in [0.1, 0.15) is 39.7 Å². The van der Waals surface area contributed by atoms with Gasteiger partial charge in [-0.3, -0.25) is 0 Å². The first-order chi connectivity index (χ1) is 8.45. The minimum atomic E-state index is 0.201. The molecule has 100 valence electrons. The molecule has 18 heavy (non-hydrogen) atoms. The van der Waals surface area contributed by atoms with E-state index in [4.69, 9.17) is 5.73 Å². The zero-order valence-electron chi connectivity index (χ0n) is 12.1. The van der Waals surface area contributed by atoms with Gasteiger partial charge in [0.25, 0.3) is 0 Å². The lowest BCUT2D eigenvalue weighted by atomic mass is 9.80. The van der Waals surface area contributed by atoms with Gasteiger partial charge in [0.05, 0.1) is 0 Å². The second-order valence-electron chi connectivity index (χ2n) is 6.46. The number of rotatable bonds is 3. The van der Waals surface area contributed by atoms with Crippen LogP contribution in [0.5, 0.6) is 0 Å². The molecule has 1 aliphatic rings. The minimum absolute atomic E-state index is 0.201. The van der Waals surface area contributed by atoms with E-state index in [1.54, 1.807) is 0 Å². The van der Waals surface area contributed by atoms with Gasteiger partial charge in [0, 0.05) is 24.3 Å². The van der Waals surface area contributed by atoms with E-state index in [1.807, 2.05) is 0 Å². The van der Waals surface area contributed by atoms with Gasteiger partial charge in [-0.2, -0.15) is 0 Å². The predicted octanol–water partition coefficient (Wildman–Crippen LogP) is 3.20. The maximum absolute atomic E-state index is 6.40. The molecule has 0 saturated carbocycles. The molecule has 0 radical (unpaired) electrons. The summed E-state index contributed by atoms with van der Waals surface area (Å²) in [5, 5.41) is 0. The molecule has 2 rings (SSSR count). The van der Waals surface area contributed by atoms with Crippen LogP contribution in [0.25, 0.3) is 0 Å². The van der Waals surface area contributed by atoms with Crippen molar-refractivity contribution >= 4 is 5.69 Å². The first-order valence-corrected chi connectivity index (χ1v) is 7.05. The Morgan fingerprint density at radius 2 is 1.94 bits per heavy atom. The molecule has 0 aliphatic carbocycles. The number of nitrogens with two attached hydrogens (primary N) is 1. The van der Waals surface area contributed by atoms with Crippen LogP contribution < -0.4 is 10.6 Å². The summed E-state index contributed by atoms with van der Waals surface area (Å²) in [5.74, 6) is 0. The Labute approximate surface area is 111 Å². The van der Waals surface area contributed by atoms with Crippen molar-refractivity contribution in [2.45, 2.75) is 52.6 Å². The summed E-state index contributed by atoms with van der Waals surface area (Å²) in [6.45, 7) is 10.2. The fourth-order valence-electron chi connectivity index (χ4n) is 3.22. The van der Waals surface area contributed by atoms with Crippen molar-refractivity contribution in [3.8, 4) is 0 Å². The summed E-state index contributed by atoms with van der Waals surface area (Å²) in [6.07, 6.45) is 2.18. The number of benzene rings is 1. The number of fused-ring (bicyclic) bond motifs is 1. The first kappa shape index (κ1) is 13.4. The van der Waals surface area contributed by atoms with Gasteiger partial charge in [-0.25, -0.2) is 0 Å². The van der Waals surface area contributed by atoms with Crippen LogP contribution in [0.3, 0.4) is 0 Å². The molecular weight excluding hydrogens is 220 g/mol. The van der Waals surface area contributed by atoms with Gasteiger partial charge >= 0.3 is 0 Å². The van der Waals surface area contributed by atoms with E-state index in [9.17, 15) is 0 Å². The summed E-state index contributed by atoms with van der Waals surface area (Å²) in [7, 11) is 0. The fourth-order valence-corrected chi connectivity index (χ4v) is 3.22. The van der Waals surface area contributed by atoms with Crippen LogP contribution in [0.15, 0.2) is 24.3 Å². The van der Waals surface area contributed by atoms with E-state index in [2.05, 4.69) is 56.9 Å². The summed E-state index contributed by atoms with van der Waals surface area (Å²) < 4.78 is 0. The molecule has 2 atom stereocenters. The van der Waals surface area contributed by atoms with E-state index in [0.29, 0.717) is 6.04 Å². The molecule has 1 heterocycles. The van der Waals surface area contributed by atoms with Crippen molar-refractivity contribution in [3.05, 3.63) is 29.8 Å². The quantitative estimate of drug-likeness (QED) is 0.887. The van der Waals surface area contributed by atoms with Gasteiger partial charge in [-0.1, -0.05) is 45.9 Å². The monoisotopic (exact) mass is 246 g/mol. The Balaban J connectivity index is 2.34. The zero-order valence-corrected chi connectivity index (χ0v) is 12.1. The van der Waals surface area contributed by atoms with E-state index < -0.39 is 0 Å². The largest absolute Gasteiger partial charge is 0.366 e. The van der Waals surface area contributed by atoms with Crippen molar-refractivity contribution < 1.29 is 0 Å². The Kier molecular flexibility index (Phi) is 3.67. The van der Waals surface area contributed by atoms with Crippen LogP contribution in [-0.4, -0.2) is 18.6 Å². The third-order valence-electron chi connectivity index (χ3n) is 4.02. The normalized spacial score (nSPS) is 18.6. The van der Waals surface area contributed by atoms with E-state index in [-0.39, 0.29) is 11.5 Å². The summed E-state index contributed by atoms with van der Waals surface area (Å²) in [4.78, 5) is 2.53. The molecule has 2 unspecified atom stereocenters. The Bertz CT molecular complexity index is 406. The number of nitrogens with zero attached hydrogens (tertiary/aromatic N) is 1. The van der Waals surface area contributed by atoms with Crippen molar-refractivity contribution in [2.75, 3.05) is 11.4 Å². The number of hydrogen-bond acceptors (Lipinski definition) is 2. The molecule has 1 aliphatic heterocycles. The molecule has 0 saturated heterocycles. The molecule has 0 aromatic heterocycles. The number of para-hydroxylation sites is 1. The van der Waals surface area contributed by atoms with E-state index in [1.165, 1.54) is 11.3 Å². The van der Waals surface area contributed by atoms with Crippen LogP contribution in [0.2, 0.25) is 0 Å². The molecule has 2 N–H and O–H groups in total. The van der Waals surface area contributed by atoms with Gasteiger partial charge < -0.3 is 10.6 Å². The number of hydrogen-bond donors (Lipinski definition) is 1. The van der Waals surface area contributed by atoms with Crippen molar-refractivity contribution in [3.63, 3.8) is 0 Å². The van der Waals surface area contributed by atoms with Gasteiger partial charge in [-0.15, -0.1) is 0 Å². The SMILES string of the molecule is CCC(N)C(N1CCc2ccccc21)C(C)(C)C. The Morgan fingerprint density at radius 1 is 1.28 bits per heavy atom. The highest BCUT2D eigenvalue weighted by atomic mass is 15.2. The molecule has 0 fully saturated rings. The highest BCUT2D eigenvalue weighted by molar-refractivity contribution is 5.59. The lowest BCUT2D eigenvalue weighted by Crippen LogP contribution is -2.54. The minimum Gasteiger partial charge on any atom is -0.366 e. The lowest BCUT2D eigenvalue weighted by Gasteiger charge is -2.43.